The van der Waals surface area contributed by atoms with E-state index < -0.39 is 11.9 Å². The van der Waals surface area contributed by atoms with Crippen LogP contribution in [0, 0.1) is 11.3 Å². The van der Waals surface area contributed by atoms with Crippen LogP contribution >= 0.6 is 11.3 Å². The Kier molecular flexibility index (Phi) is 4.02. The molecule has 0 spiro atoms. The highest BCUT2D eigenvalue weighted by Gasteiger charge is 2.32. The molecule has 0 saturated carbocycles. The van der Waals surface area contributed by atoms with Gasteiger partial charge < -0.3 is 0 Å². The lowest BCUT2D eigenvalue weighted by Gasteiger charge is -2.05. The van der Waals surface area contributed by atoms with Gasteiger partial charge in [0.05, 0.1) is 0 Å². The van der Waals surface area contributed by atoms with E-state index in [9.17, 15) is 13.2 Å². The minimum absolute atomic E-state index is 0.187. The van der Waals surface area contributed by atoms with Crippen LogP contribution in [-0.4, -0.2) is 25.4 Å². The van der Waals surface area contributed by atoms with Gasteiger partial charge in [0, 0.05) is 16.6 Å². The number of nitriles is 1. The van der Waals surface area contributed by atoms with E-state index in [4.69, 9.17) is 5.26 Å². The molecule has 10 heteroatoms. The van der Waals surface area contributed by atoms with E-state index >= 15 is 0 Å². The Bertz CT molecular complexity index is 904. The van der Waals surface area contributed by atoms with Crippen LogP contribution in [0.2, 0.25) is 0 Å². The Labute approximate surface area is 138 Å². The first-order valence-electron chi connectivity index (χ1n) is 6.79. The van der Waals surface area contributed by atoms with E-state index in [0.29, 0.717) is 28.4 Å². The molecule has 3 aromatic rings. The summed E-state index contributed by atoms with van der Waals surface area (Å²) in [6, 6.07) is 4.19. The summed E-state index contributed by atoms with van der Waals surface area (Å²) >= 11 is 1.32. The fourth-order valence-corrected chi connectivity index (χ4v) is 3.05. The molecule has 0 radical (unpaired) electrons. The first-order valence-corrected chi connectivity index (χ1v) is 7.60. The number of rotatable bonds is 3. The van der Waals surface area contributed by atoms with Crippen LogP contribution in [0.25, 0.3) is 22.0 Å². The molecule has 122 valence electrons. The molecule has 3 rings (SSSR count). The van der Waals surface area contributed by atoms with Gasteiger partial charge in [-0.3, -0.25) is 4.98 Å². The summed E-state index contributed by atoms with van der Waals surface area (Å²) in [5, 5.41) is 19.5. The highest BCUT2D eigenvalue weighted by atomic mass is 32.1. The van der Waals surface area contributed by atoms with E-state index in [1.165, 1.54) is 17.4 Å². The number of halogens is 3. The first kappa shape index (κ1) is 16.1. The smallest absolute Gasteiger partial charge is 0.251 e. The molecule has 0 amide bonds. The van der Waals surface area contributed by atoms with Gasteiger partial charge in [-0.25, -0.2) is 10.1 Å². The zero-order valence-electron chi connectivity index (χ0n) is 12.2. The van der Waals surface area contributed by atoms with Crippen molar-refractivity contribution in [1.29, 1.82) is 5.26 Å². The highest BCUT2D eigenvalue weighted by Crippen LogP contribution is 2.35. The number of thiazole rings is 1. The standard InChI is InChI=1S/C14H9F3N6S/c1-2-9-12(11-8(5-18)21-23-22-11)20-13(24-9)7-3-4-10(19-6-7)14(15,16)17/h3-4,6H,2H2,1H3,(H,21,22,23). The molecule has 3 heterocycles. The maximum atomic E-state index is 12.6. The Morgan fingerprint density at radius 1 is 1.29 bits per heavy atom. The Hall–Kier alpha value is -2.80. The predicted octanol–water partition coefficient (Wildman–Crippen LogP) is 3.44. The molecule has 0 aliphatic rings. The third-order valence-electron chi connectivity index (χ3n) is 3.20. The van der Waals surface area contributed by atoms with Gasteiger partial charge in [-0.2, -0.15) is 18.4 Å². The normalized spacial score (nSPS) is 11.5. The van der Waals surface area contributed by atoms with Gasteiger partial charge in [0.15, 0.2) is 5.69 Å². The summed E-state index contributed by atoms with van der Waals surface area (Å²) in [5.41, 5.74) is 0.532. The average molecular weight is 350 g/mol. The van der Waals surface area contributed by atoms with Crippen LogP contribution in [0.3, 0.4) is 0 Å². The van der Waals surface area contributed by atoms with E-state index in [1.54, 1.807) is 0 Å². The fraction of sp³-hybridized carbons (Fsp3) is 0.214. The van der Waals surface area contributed by atoms with Crippen molar-refractivity contribution in [2.75, 3.05) is 0 Å². The van der Waals surface area contributed by atoms with Crippen molar-refractivity contribution in [3.63, 3.8) is 0 Å². The molecule has 3 aromatic heterocycles. The average Bonchev–Trinajstić information content (AvgIpc) is 3.20. The second kappa shape index (κ2) is 6.01. The topological polar surface area (TPSA) is 91.1 Å². The van der Waals surface area contributed by atoms with Crippen molar-refractivity contribution in [3.8, 4) is 28.0 Å². The van der Waals surface area contributed by atoms with Crippen LogP contribution < -0.4 is 0 Å². The van der Waals surface area contributed by atoms with Gasteiger partial charge in [-0.1, -0.05) is 12.1 Å². The molecule has 0 atom stereocenters. The lowest BCUT2D eigenvalue weighted by Crippen LogP contribution is -2.07. The number of hydrogen-bond donors (Lipinski definition) is 1. The van der Waals surface area contributed by atoms with Crippen LogP contribution in [0.15, 0.2) is 18.3 Å². The number of nitrogens with one attached hydrogen (secondary N) is 1. The lowest BCUT2D eigenvalue weighted by molar-refractivity contribution is -0.141. The number of aromatic amines is 1. The minimum Gasteiger partial charge on any atom is -0.251 e. The van der Waals surface area contributed by atoms with Gasteiger partial charge in [-0.15, -0.1) is 16.4 Å². The van der Waals surface area contributed by atoms with Gasteiger partial charge in [-0.05, 0) is 18.6 Å². The molecule has 6 nitrogen and oxygen atoms in total. The molecular formula is C14H9F3N6S. The van der Waals surface area contributed by atoms with Crippen LogP contribution in [-0.2, 0) is 12.6 Å². The highest BCUT2D eigenvalue weighted by molar-refractivity contribution is 7.15. The number of aryl methyl sites for hydroxylation is 1. The Morgan fingerprint density at radius 2 is 2.08 bits per heavy atom. The largest absolute Gasteiger partial charge is 0.433 e. The van der Waals surface area contributed by atoms with Gasteiger partial charge >= 0.3 is 6.18 Å². The molecule has 0 aliphatic carbocycles. The van der Waals surface area contributed by atoms with E-state index in [2.05, 4.69) is 25.4 Å². The summed E-state index contributed by atoms with van der Waals surface area (Å²) in [6.45, 7) is 1.91. The predicted molar refractivity (Wildman–Crippen MR) is 79.8 cm³/mol. The van der Waals surface area contributed by atoms with Crippen LogP contribution in [0.4, 0.5) is 13.2 Å². The lowest BCUT2D eigenvalue weighted by atomic mass is 10.2. The molecular weight excluding hydrogens is 341 g/mol. The van der Waals surface area contributed by atoms with Gasteiger partial charge in [0.25, 0.3) is 0 Å². The number of pyridine rings is 1. The van der Waals surface area contributed by atoms with Crippen LogP contribution in [0.5, 0.6) is 0 Å². The Morgan fingerprint density at radius 3 is 2.67 bits per heavy atom. The summed E-state index contributed by atoms with van der Waals surface area (Å²) in [5.74, 6) is 0. The summed E-state index contributed by atoms with van der Waals surface area (Å²) < 4.78 is 37.8. The van der Waals surface area contributed by atoms with E-state index in [0.717, 1.165) is 17.1 Å². The minimum atomic E-state index is -4.48. The Balaban J connectivity index is 2.03. The maximum Gasteiger partial charge on any atom is 0.433 e. The van der Waals surface area contributed by atoms with Gasteiger partial charge in [0.1, 0.15) is 28.2 Å². The number of nitrogens with zero attached hydrogens (tertiary/aromatic N) is 5. The second-order valence-electron chi connectivity index (χ2n) is 4.72. The molecule has 0 bridgehead atoms. The zero-order chi connectivity index (χ0) is 17.3. The number of aromatic nitrogens is 5. The van der Waals surface area contributed by atoms with Crippen molar-refractivity contribution in [1.82, 2.24) is 25.4 Å². The number of hydrogen-bond acceptors (Lipinski definition) is 6. The van der Waals surface area contributed by atoms with Crippen molar-refractivity contribution < 1.29 is 13.2 Å². The first-order chi connectivity index (χ1) is 11.4. The van der Waals surface area contributed by atoms with Crippen molar-refractivity contribution in [2.24, 2.45) is 0 Å². The van der Waals surface area contributed by atoms with E-state index in [1.807, 2.05) is 13.0 Å². The summed E-state index contributed by atoms with van der Waals surface area (Å²) in [7, 11) is 0. The van der Waals surface area contributed by atoms with Crippen LogP contribution in [0.1, 0.15) is 23.2 Å². The quantitative estimate of drug-likeness (QED) is 0.781. The van der Waals surface area contributed by atoms with E-state index in [-0.39, 0.29) is 5.69 Å². The molecule has 24 heavy (non-hydrogen) atoms. The second-order valence-corrected chi connectivity index (χ2v) is 5.81. The molecule has 0 aliphatic heterocycles. The molecule has 0 fully saturated rings. The SMILES string of the molecule is CCc1sc(-c2ccc(C(F)(F)F)nc2)nc1-c1nn[nH]c1C#N. The van der Waals surface area contributed by atoms with Crippen molar-refractivity contribution in [3.05, 3.63) is 34.6 Å². The third-order valence-corrected chi connectivity index (χ3v) is 4.45. The molecule has 0 unspecified atom stereocenters. The fourth-order valence-electron chi connectivity index (χ4n) is 2.06. The van der Waals surface area contributed by atoms with Crippen molar-refractivity contribution in [2.45, 2.75) is 19.5 Å². The monoisotopic (exact) mass is 350 g/mol. The zero-order valence-corrected chi connectivity index (χ0v) is 13.0. The number of alkyl halides is 3. The molecule has 0 saturated heterocycles. The molecule has 0 aromatic carbocycles. The molecule has 1 N–H and O–H groups in total. The van der Waals surface area contributed by atoms with Gasteiger partial charge in [0.2, 0.25) is 0 Å². The summed E-state index contributed by atoms with van der Waals surface area (Å²) in [6.07, 6.45) is -2.71. The summed E-state index contributed by atoms with van der Waals surface area (Å²) in [4.78, 5) is 8.72. The number of H-pyrrole nitrogens is 1. The third kappa shape index (κ3) is 2.85. The maximum absolute atomic E-state index is 12.6. The van der Waals surface area contributed by atoms with Crippen molar-refractivity contribution >= 4 is 11.3 Å².